The van der Waals surface area contributed by atoms with Crippen LogP contribution in [-0.2, 0) is 14.3 Å². The van der Waals surface area contributed by atoms with Gasteiger partial charge in [-0.2, -0.15) is 5.26 Å². The van der Waals surface area contributed by atoms with Crippen molar-refractivity contribution < 1.29 is 17.6 Å². The number of hydrogen-bond acceptors (Lipinski definition) is 9. The molecule has 0 amide bonds. The lowest BCUT2D eigenvalue weighted by Gasteiger charge is -2.38. The first kappa shape index (κ1) is 31.0. The Balaban J connectivity index is 1.31. The summed E-state index contributed by atoms with van der Waals surface area (Å²) in [6.07, 6.45) is 0.537. The molecule has 2 heterocycles. The number of aliphatic hydroxyl groups is 1. The van der Waals surface area contributed by atoms with Gasteiger partial charge in [0, 0.05) is 71.6 Å². The number of aliphatic hydroxyl groups excluding tert-OH is 1. The standard InChI is InChI=1S/C30H42IN5O4/c1-38-24-28(22-35-15-17-36(18-16-35)29-9-4-2-7-25(29)19-32)40-30-10-5-3-8-26(30)20-33-11-6-12-34(14-13-33)21-27(37)23-39-31/h2-5,7-10,27-28,37H,6,11-18,20-24H2,1H3. The van der Waals surface area contributed by atoms with Crippen molar-refractivity contribution in [2.45, 2.75) is 25.2 Å². The van der Waals surface area contributed by atoms with Gasteiger partial charge in [0.1, 0.15) is 40.9 Å². The highest BCUT2D eigenvalue weighted by Crippen LogP contribution is 2.24. The quantitative estimate of drug-likeness (QED) is 0.326. The molecule has 2 fully saturated rings. The molecule has 0 aromatic heterocycles. The molecule has 2 unspecified atom stereocenters. The third-order valence-corrected chi connectivity index (χ3v) is 7.98. The summed E-state index contributed by atoms with van der Waals surface area (Å²) in [5.41, 5.74) is 2.94. The third-order valence-electron chi connectivity index (χ3n) is 7.62. The monoisotopic (exact) mass is 663 g/mol. The molecule has 2 aliphatic heterocycles. The summed E-state index contributed by atoms with van der Waals surface area (Å²) in [6, 6.07) is 18.5. The van der Waals surface area contributed by atoms with E-state index in [2.05, 4.69) is 43.9 Å². The van der Waals surface area contributed by atoms with Gasteiger partial charge in [0.2, 0.25) is 0 Å². The number of halogens is 1. The predicted octanol–water partition coefficient (Wildman–Crippen LogP) is 3.01. The molecule has 2 saturated heterocycles. The zero-order chi connectivity index (χ0) is 28.2. The number of piperazine rings is 1. The summed E-state index contributed by atoms with van der Waals surface area (Å²) >= 11 is 1.84. The molecule has 10 heteroatoms. The first-order valence-corrected chi connectivity index (χ1v) is 15.0. The second kappa shape index (κ2) is 16.5. The number of nitriles is 1. The number of rotatable bonds is 13. The Labute approximate surface area is 252 Å². The average molecular weight is 664 g/mol. The Morgan fingerprint density at radius 2 is 1.55 bits per heavy atom. The van der Waals surface area contributed by atoms with Crippen molar-refractivity contribution in [1.82, 2.24) is 14.7 Å². The minimum atomic E-state index is -0.452. The van der Waals surface area contributed by atoms with Crippen molar-refractivity contribution in [2.75, 3.05) is 90.7 Å². The average Bonchev–Trinajstić information content (AvgIpc) is 3.19. The van der Waals surface area contributed by atoms with E-state index in [0.717, 1.165) is 88.9 Å². The first-order chi connectivity index (χ1) is 19.6. The van der Waals surface area contributed by atoms with Crippen LogP contribution in [0.15, 0.2) is 48.5 Å². The Hall–Kier alpha value is -1.98. The van der Waals surface area contributed by atoms with Crippen LogP contribution in [0.3, 0.4) is 0 Å². The minimum absolute atomic E-state index is 0.0784. The molecule has 0 radical (unpaired) electrons. The highest BCUT2D eigenvalue weighted by atomic mass is 127. The van der Waals surface area contributed by atoms with E-state index in [1.54, 1.807) is 7.11 Å². The zero-order valence-electron chi connectivity index (χ0n) is 23.5. The number of benzene rings is 2. The van der Waals surface area contributed by atoms with Crippen molar-refractivity contribution in [2.24, 2.45) is 0 Å². The molecule has 2 aromatic carbocycles. The Morgan fingerprint density at radius 1 is 0.875 bits per heavy atom. The maximum Gasteiger partial charge on any atom is 0.135 e. The number of anilines is 1. The molecular weight excluding hydrogens is 621 g/mol. The van der Waals surface area contributed by atoms with E-state index in [9.17, 15) is 10.4 Å². The van der Waals surface area contributed by atoms with Gasteiger partial charge >= 0.3 is 0 Å². The van der Waals surface area contributed by atoms with Crippen LogP contribution < -0.4 is 9.64 Å². The summed E-state index contributed by atoms with van der Waals surface area (Å²) < 4.78 is 17.2. The van der Waals surface area contributed by atoms with Gasteiger partial charge in [0.05, 0.1) is 30.6 Å². The Morgan fingerprint density at radius 3 is 2.33 bits per heavy atom. The molecular formula is C30H42IN5O4. The SMILES string of the molecule is COCC(CN1CCN(c2ccccc2C#N)CC1)Oc1ccccc1CN1CCCN(CC(O)COI)CC1. The van der Waals surface area contributed by atoms with Crippen LogP contribution in [0.4, 0.5) is 5.69 Å². The van der Waals surface area contributed by atoms with E-state index in [-0.39, 0.29) is 6.10 Å². The highest BCUT2D eigenvalue weighted by molar-refractivity contribution is 14.1. The van der Waals surface area contributed by atoms with Gasteiger partial charge in [-0.1, -0.05) is 30.3 Å². The number of β-amino-alcohol motifs (C(OH)–C–C–N with tert-alkyl or cyclic N) is 1. The fourth-order valence-electron chi connectivity index (χ4n) is 5.57. The van der Waals surface area contributed by atoms with Gasteiger partial charge in [-0.3, -0.25) is 14.7 Å². The Bertz CT molecular complexity index is 1080. The molecule has 0 bridgehead atoms. The number of hydrogen-bond donors (Lipinski definition) is 1. The molecule has 4 rings (SSSR count). The zero-order valence-corrected chi connectivity index (χ0v) is 25.6. The summed E-state index contributed by atoms with van der Waals surface area (Å²) in [4.78, 5) is 9.54. The molecule has 2 atom stereocenters. The van der Waals surface area contributed by atoms with Gasteiger partial charge in [0.15, 0.2) is 0 Å². The number of ether oxygens (including phenoxy) is 2. The normalized spacial score (nSPS) is 19.1. The second-order valence-electron chi connectivity index (χ2n) is 10.6. The first-order valence-electron chi connectivity index (χ1n) is 14.2. The van der Waals surface area contributed by atoms with E-state index in [1.165, 1.54) is 5.56 Å². The molecule has 40 heavy (non-hydrogen) atoms. The number of nitrogens with zero attached hydrogens (tertiary/aromatic N) is 5. The topological polar surface area (TPSA) is 84.7 Å². The van der Waals surface area contributed by atoms with E-state index < -0.39 is 6.10 Å². The van der Waals surface area contributed by atoms with E-state index in [4.69, 9.17) is 12.5 Å². The van der Waals surface area contributed by atoms with Crippen molar-refractivity contribution in [3.63, 3.8) is 0 Å². The molecule has 0 saturated carbocycles. The third kappa shape index (κ3) is 9.27. The summed E-state index contributed by atoms with van der Waals surface area (Å²) in [6.45, 7) is 10.6. The largest absolute Gasteiger partial charge is 0.486 e. The summed E-state index contributed by atoms with van der Waals surface area (Å²) in [7, 11) is 1.73. The van der Waals surface area contributed by atoms with Crippen molar-refractivity contribution in [3.8, 4) is 11.8 Å². The van der Waals surface area contributed by atoms with Gasteiger partial charge in [-0.15, -0.1) is 0 Å². The van der Waals surface area contributed by atoms with Crippen LogP contribution in [0.25, 0.3) is 0 Å². The van der Waals surface area contributed by atoms with Crippen LogP contribution in [-0.4, -0.2) is 118 Å². The van der Waals surface area contributed by atoms with Gasteiger partial charge in [-0.25, -0.2) is 0 Å². The predicted molar refractivity (Wildman–Crippen MR) is 165 cm³/mol. The molecule has 2 aromatic rings. The van der Waals surface area contributed by atoms with Crippen molar-refractivity contribution in [3.05, 3.63) is 59.7 Å². The highest BCUT2D eigenvalue weighted by Gasteiger charge is 2.24. The summed E-state index contributed by atoms with van der Waals surface area (Å²) in [5.74, 6) is 0.918. The van der Waals surface area contributed by atoms with E-state index in [1.807, 2.05) is 53.3 Å². The maximum atomic E-state index is 10.1. The summed E-state index contributed by atoms with van der Waals surface area (Å²) in [5, 5.41) is 19.6. The second-order valence-corrected chi connectivity index (χ2v) is 11.2. The number of para-hydroxylation sites is 2. The molecule has 2 aliphatic rings. The molecule has 0 aliphatic carbocycles. The lowest BCUT2D eigenvalue weighted by molar-refractivity contribution is 0.0508. The van der Waals surface area contributed by atoms with E-state index >= 15 is 0 Å². The lowest BCUT2D eigenvalue weighted by Crippen LogP contribution is -2.50. The Kier molecular flexibility index (Phi) is 12.7. The van der Waals surface area contributed by atoms with Crippen LogP contribution in [0.1, 0.15) is 17.5 Å². The van der Waals surface area contributed by atoms with Gasteiger partial charge in [0.25, 0.3) is 0 Å². The van der Waals surface area contributed by atoms with Crippen LogP contribution in [0.5, 0.6) is 5.75 Å². The minimum Gasteiger partial charge on any atom is -0.486 e. The maximum absolute atomic E-state index is 10.1. The molecule has 9 nitrogen and oxygen atoms in total. The van der Waals surface area contributed by atoms with Crippen LogP contribution in [0, 0.1) is 11.3 Å². The molecule has 218 valence electrons. The lowest BCUT2D eigenvalue weighted by atomic mass is 10.1. The van der Waals surface area contributed by atoms with Gasteiger partial charge in [-0.05, 0) is 37.7 Å². The van der Waals surface area contributed by atoms with E-state index in [0.29, 0.717) is 19.8 Å². The van der Waals surface area contributed by atoms with Gasteiger partial charge < -0.3 is 22.5 Å². The molecule has 1 N–H and O–H groups in total. The smallest absolute Gasteiger partial charge is 0.135 e. The van der Waals surface area contributed by atoms with Crippen LogP contribution >= 0.6 is 23.0 Å². The fraction of sp³-hybridized carbons (Fsp3) is 0.567. The fourth-order valence-corrected chi connectivity index (χ4v) is 5.99. The number of methoxy groups -OCH3 is 1. The van der Waals surface area contributed by atoms with Crippen molar-refractivity contribution >= 4 is 28.7 Å². The van der Waals surface area contributed by atoms with Crippen molar-refractivity contribution in [1.29, 1.82) is 5.26 Å². The molecule has 0 spiro atoms. The van der Waals surface area contributed by atoms with Crippen LogP contribution in [0.2, 0.25) is 0 Å².